The van der Waals surface area contributed by atoms with Gasteiger partial charge in [0, 0.05) is 5.41 Å². The quantitative estimate of drug-likeness (QED) is 0.752. The summed E-state index contributed by atoms with van der Waals surface area (Å²) < 4.78 is 0. The fourth-order valence-electron chi connectivity index (χ4n) is 2.70. The minimum absolute atomic E-state index is 0.0684. The number of amides is 1. The van der Waals surface area contributed by atoms with Crippen LogP contribution < -0.4 is 5.32 Å². The zero-order valence-electron chi connectivity index (χ0n) is 10.1. The van der Waals surface area contributed by atoms with E-state index < -0.39 is 5.97 Å². The second-order valence-electron chi connectivity index (χ2n) is 5.16. The van der Waals surface area contributed by atoms with Crippen molar-refractivity contribution in [2.24, 2.45) is 11.3 Å². The van der Waals surface area contributed by atoms with Gasteiger partial charge in [0.25, 0.3) is 0 Å². The Hall–Kier alpha value is -1.06. The molecule has 0 radical (unpaired) electrons. The van der Waals surface area contributed by atoms with Gasteiger partial charge in [0.2, 0.25) is 5.91 Å². The molecule has 1 aliphatic carbocycles. The lowest BCUT2D eigenvalue weighted by Crippen LogP contribution is -2.42. The van der Waals surface area contributed by atoms with Crippen molar-refractivity contribution in [1.82, 2.24) is 5.32 Å². The van der Waals surface area contributed by atoms with Crippen LogP contribution in [-0.4, -0.2) is 23.5 Å². The average molecular weight is 227 g/mol. The van der Waals surface area contributed by atoms with E-state index in [2.05, 4.69) is 19.2 Å². The predicted molar refractivity (Wildman–Crippen MR) is 61.0 cm³/mol. The molecule has 4 nitrogen and oxygen atoms in total. The third kappa shape index (κ3) is 3.22. The SMILES string of the molecule is CC(C)CC1(C(=O)NCC(=O)O)CCCC1. The maximum Gasteiger partial charge on any atom is 0.322 e. The Bertz CT molecular complexity index is 267. The average Bonchev–Trinajstić information content (AvgIpc) is 2.62. The van der Waals surface area contributed by atoms with Crippen LogP contribution in [0.4, 0.5) is 0 Å². The Kier molecular flexibility index (Phi) is 4.33. The number of hydrogen-bond donors (Lipinski definition) is 2. The third-order valence-corrected chi connectivity index (χ3v) is 3.24. The molecule has 92 valence electrons. The fourth-order valence-corrected chi connectivity index (χ4v) is 2.70. The minimum atomic E-state index is -0.981. The summed E-state index contributed by atoms with van der Waals surface area (Å²) in [6.07, 6.45) is 4.81. The van der Waals surface area contributed by atoms with E-state index in [1.807, 2.05) is 0 Å². The van der Waals surface area contributed by atoms with Crippen molar-refractivity contribution in [2.45, 2.75) is 46.0 Å². The Morgan fingerprint density at radius 2 is 1.88 bits per heavy atom. The van der Waals surface area contributed by atoms with E-state index in [-0.39, 0.29) is 17.9 Å². The van der Waals surface area contributed by atoms with Crippen LogP contribution in [0.25, 0.3) is 0 Å². The molecule has 1 amide bonds. The number of nitrogens with one attached hydrogen (secondary N) is 1. The zero-order chi connectivity index (χ0) is 12.2. The van der Waals surface area contributed by atoms with Gasteiger partial charge in [-0.3, -0.25) is 9.59 Å². The highest BCUT2D eigenvalue weighted by atomic mass is 16.4. The molecule has 0 aromatic heterocycles. The Morgan fingerprint density at radius 3 is 2.31 bits per heavy atom. The molecule has 1 fully saturated rings. The second-order valence-corrected chi connectivity index (χ2v) is 5.16. The normalized spacial score (nSPS) is 18.7. The minimum Gasteiger partial charge on any atom is -0.480 e. The molecule has 0 heterocycles. The van der Waals surface area contributed by atoms with E-state index in [1.54, 1.807) is 0 Å². The van der Waals surface area contributed by atoms with Crippen molar-refractivity contribution in [3.63, 3.8) is 0 Å². The number of hydrogen-bond acceptors (Lipinski definition) is 2. The lowest BCUT2D eigenvalue weighted by Gasteiger charge is -2.29. The van der Waals surface area contributed by atoms with Gasteiger partial charge in [0.15, 0.2) is 0 Å². The summed E-state index contributed by atoms with van der Waals surface area (Å²) in [4.78, 5) is 22.5. The fraction of sp³-hybridized carbons (Fsp3) is 0.833. The van der Waals surface area contributed by atoms with Crippen molar-refractivity contribution < 1.29 is 14.7 Å². The van der Waals surface area contributed by atoms with Gasteiger partial charge in [-0.15, -0.1) is 0 Å². The Balaban J connectivity index is 2.61. The second kappa shape index (κ2) is 5.32. The number of carboxylic acid groups (broad SMARTS) is 1. The maximum atomic E-state index is 12.0. The van der Waals surface area contributed by atoms with Gasteiger partial charge in [0.1, 0.15) is 6.54 Å². The maximum absolute atomic E-state index is 12.0. The van der Waals surface area contributed by atoms with Gasteiger partial charge in [-0.05, 0) is 25.2 Å². The highest BCUT2D eigenvalue weighted by Gasteiger charge is 2.41. The van der Waals surface area contributed by atoms with Gasteiger partial charge in [-0.2, -0.15) is 0 Å². The summed E-state index contributed by atoms with van der Waals surface area (Å²) in [6.45, 7) is 3.94. The van der Waals surface area contributed by atoms with Crippen molar-refractivity contribution in [3.8, 4) is 0 Å². The monoisotopic (exact) mass is 227 g/mol. The number of aliphatic carboxylic acids is 1. The summed E-state index contributed by atoms with van der Waals surface area (Å²) in [6, 6.07) is 0. The van der Waals surface area contributed by atoms with E-state index in [1.165, 1.54) is 0 Å². The van der Waals surface area contributed by atoms with E-state index in [0.29, 0.717) is 5.92 Å². The van der Waals surface area contributed by atoms with Crippen LogP contribution in [0.15, 0.2) is 0 Å². The van der Waals surface area contributed by atoms with E-state index >= 15 is 0 Å². The third-order valence-electron chi connectivity index (χ3n) is 3.24. The van der Waals surface area contributed by atoms with Crippen molar-refractivity contribution >= 4 is 11.9 Å². The molecule has 0 spiro atoms. The van der Waals surface area contributed by atoms with Gasteiger partial charge in [-0.1, -0.05) is 26.7 Å². The first-order valence-corrected chi connectivity index (χ1v) is 5.96. The Labute approximate surface area is 96.4 Å². The highest BCUT2D eigenvalue weighted by Crippen LogP contribution is 2.43. The zero-order valence-corrected chi connectivity index (χ0v) is 10.1. The number of carboxylic acids is 1. The molecule has 0 atom stereocenters. The molecule has 0 bridgehead atoms. The van der Waals surface area contributed by atoms with Crippen LogP contribution in [0.2, 0.25) is 0 Å². The topological polar surface area (TPSA) is 66.4 Å². The highest BCUT2D eigenvalue weighted by molar-refractivity contribution is 5.86. The molecule has 1 saturated carbocycles. The molecule has 0 aliphatic heterocycles. The first-order chi connectivity index (χ1) is 7.46. The van der Waals surface area contributed by atoms with E-state index in [4.69, 9.17) is 5.11 Å². The molecule has 4 heteroatoms. The molecule has 0 saturated heterocycles. The molecule has 0 unspecified atom stereocenters. The van der Waals surface area contributed by atoms with Crippen LogP contribution in [0.1, 0.15) is 46.0 Å². The number of carbonyl (C=O) groups is 2. The standard InChI is InChI=1S/C12H21NO3/c1-9(2)7-12(5-3-4-6-12)11(16)13-8-10(14)15/h9H,3-8H2,1-2H3,(H,13,16)(H,14,15). The van der Waals surface area contributed by atoms with Crippen molar-refractivity contribution in [3.05, 3.63) is 0 Å². The predicted octanol–water partition coefficient (Wildman–Crippen LogP) is 1.79. The summed E-state index contributed by atoms with van der Waals surface area (Å²) in [5.41, 5.74) is -0.302. The van der Waals surface area contributed by atoms with Gasteiger partial charge >= 0.3 is 5.97 Å². The van der Waals surface area contributed by atoms with Crippen LogP contribution >= 0.6 is 0 Å². The molecule has 1 rings (SSSR count). The van der Waals surface area contributed by atoms with Crippen LogP contribution in [0.5, 0.6) is 0 Å². The van der Waals surface area contributed by atoms with Crippen molar-refractivity contribution in [1.29, 1.82) is 0 Å². The van der Waals surface area contributed by atoms with Gasteiger partial charge < -0.3 is 10.4 Å². The number of carbonyl (C=O) groups excluding carboxylic acids is 1. The molecular formula is C12H21NO3. The van der Waals surface area contributed by atoms with Crippen LogP contribution in [0, 0.1) is 11.3 Å². The first-order valence-electron chi connectivity index (χ1n) is 5.96. The molecule has 0 aromatic carbocycles. The summed E-state index contributed by atoms with van der Waals surface area (Å²) >= 11 is 0. The Morgan fingerprint density at radius 1 is 1.31 bits per heavy atom. The van der Waals surface area contributed by atoms with Crippen LogP contribution in [0.3, 0.4) is 0 Å². The van der Waals surface area contributed by atoms with Crippen LogP contribution in [-0.2, 0) is 9.59 Å². The van der Waals surface area contributed by atoms with E-state index in [9.17, 15) is 9.59 Å². The summed E-state index contributed by atoms with van der Waals surface area (Å²) in [5, 5.41) is 11.1. The molecule has 0 aromatic rings. The molecule has 1 aliphatic rings. The molecular weight excluding hydrogens is 206 g/mol. The van der Waals surface area contributed by atoms with Gasteiger partial charge in [-0.25, -0.2) is 0 Å². The lowest BCUT2D eigenvalue weighted by atomic mass is 9.77. The summed E-state index contributed by atoms with van der Waals surface area (Å²) in [5.74, 6) is -0.583. The lowest BCUT2D eigenvalue weighted by molar-refractivity contribution is -0.140. The summed E-state index contributed by atoms with van der Waals surface area (Å²) in [7, 11) is 0. The molecule has 16 heavy (non-hydrogen) atoms. The molecule has 2 N–H and O–H groups in total. The largest absolute Gasteiger partial charge is 0.480 e. The smallest absolute Gasteiger partial charge is 0.322 e. The van der Waals surface area contributed by atoms with Crippen molar-refractivity contribution in [2.75, 3.05) is 6.54 Å². The number of rotatable bonds is 5. The van der Waals surface area contributed by atoms with Gasteiger partial charge in [0.05, 0.1) is 0 Å². The van der Waals surface area contributed by atoms with E-state index in [0.717, 1.165) is 32.1 Å². The first kappa shape index (κ1) is 13.0.